The Morgan fingerprint density at radius 1 is 1.36 bits per heavy atom. The Labute approximate surface area is 82.3 Å². The molecular weight excluding hydrogens is 174 g/mol. The maximum absolute atomic E-state index is 10.5. The van der Waals surface area contributed by atoms with Crippen molar-refractivity contribution < 1.29 is 4.79 Å². The molecule has 1 N–H and O–H groups in total. The van der Waals surface area contributed by atoms with E-state index < -0.39 is 0 Å². The maximum atomic E-state index is 10.5. The zero-order valence-corrected chi connectivity index (χ0v) is 7.95. The van der Waals surface area contributed by atoms with Crippen molar-refractivity contribution in [2.24, 2.45) is 0 Å². The molecule has 1 aromatic carbocycles. The van der Waals surface area contributed by atoms with Crippen molar-refractivity contribution in [2.45, 2.75) is 6.92 Å². The monoisotopic (exact) mass is 185 g/mol. The molecule has 0 saturated carbocycles. The molecule has 70 valence electrons. The van der Waals surface area contributed by atoms with Crippen LogP contribution in [0, 0.1) is 0 Å². The summed E-state index contributed by atoms with van der Waals surface area (Å²) in [6.07, 6.45) is 4.66. The topological polar surface area (TPSA) is 32.9 Å². The summed E-state index contributed by atoms with van der Waals surface area (Å²) >= 11 is 0. The largest absolute Gasteiger partial charge is 0.361 e. The van der Waals surface area contributed by atoms with E-state index in [4.69, 9.17) is 0 Å². The van der Waals surface area contributed by atoms with Gasteiger partial charge in [0.1, 0.15) is 6.29 Å². The number of aromatic nitrogens is 1. The Balaban J connectivity index is 2.59. The summed E-state index contributed by atoms with van der Waals surface area (Å²) in [5, 5.41) is 1.15. The first-order chi connectivity index (χ1) is 6.81. The molecule has 0 aliphatic heterocycles. The van der Waals surface area contributed by atoms with Gasteiger partial charge in [0.2, 0.25) is 0 Å². The summed E-state index contributed by atoms with van der Waals surface area (Å²) in [7, 11) is 0. The van der Waals surface area contributed by atoms with Gasteiger partial charge in [-0.25, -0.2) is 0 Å². The van der Waals surface area contributed by atoms with Gasteiger partial charge in [0.25, 0.3) is 0 Å². The molecule has 2 rings (SSSR count). The number of nitrogens with one attached hydrogen (secondary N) is 1. The van der Waals surface area contributed by atoms with Crippen molar-refractivity contribution in [3.05, 3.63) is 41.6 Å². The van der Waals surface area contributed by atoms with Crippen LogP contribution in [0.5, 0.6) is 0 Å². The number of hydrogen-bond donors (Lipinski definition) is 1. The Kier molecular flexibility index (Phi) is 2.19. The van der Waals surface area contributed by atoms with Crippen LogP contribution in [0.4, 0.5) is 0 Å². The first-order valence-corrected chi connectivity index (χ1v) is 4.51. The normalized spacial score (nSPS) is 11.9. The minimum Gasteiger partial charge on any atom is -0.361 e. The van der Waals surface area contributed by atoms with Crippen LogP contribution in [0.3, 0.4) is 0 Å². The van der Waals surface area contributed by atoms with Crippen molar-refractivity contribution in [3.63, 3.8) is 0 Å². The number of hydrogen-bond acceptors (Lipinski definition) is 1. The highest BCUT2D eigenvalue weighted by Gasteiger charge is 1.99. The van der Waals surface area contributed by atoms with E-state index in [-0.39, 0.29) is 0 Å². The number of allylic oxidation sites excluding steroid dienone is 1. The molecule has 2 aromatic rings. The summed E-state index contributed by atoms with van der Waals surface area (Å²) in [4.78, 5) is 13.6. The van der Waals surface area contributed by atoms with Gasteiger partial charge >= 0.3 is 0 Å². The second-order valence-electron chi connectivity index (χ2n) is 3.30. The molecular formula is C12H11NO. The molecule has 1 heterocycles. The van der Waals surface area contributed by atoms with Gasteiger partial charge in [-0.1, -0.05) is 18.2 Å². The molecule has 0 aliphatic carbocycles. The van der Waals surface area contributed by atoms with E-state index in [9.17, 15) is 4.79 Å². The van der Waals surface area contributed by atoms with E-state index in [0.29, 0.717) is 0 Å². The minimum atomic E-state index is 0.731. The molecule has 0 radical (unpaired) electrons. The Bertz CT molecular complexity index is 494. The van der Waals surface area contributed by atoms with Crippen molar-refractivity contribution >= 4 is 23.3 Å². The van der Waals surface area contributed by atoms with E-state index in [1.54, 1.807) is 6.92 Å². The predicted molar refractivity (Wildman–Crippen MR) is 58.0 cm³/mol. The number of para-hydroxylation sites is 1. The van der Waals surface area contributed by atoms with Crippen LogP contribution in [0.25, 0.3) is 17.0 Å². The molecule has 0 bridgehead atoms. The van der Waals surface area contributed by atoms with E-state index >= 15 is 0 Å². The standard InChI is InChI=1S/C12H11NO/c1-9(8-14)6-10-7-13-12-5-3-2-4-11(10)12/h2-8,13H,1H3. The van der Waals surface area contributed by atoms with E-state index in [2.05, 4.69) is 4.98 Å². The van der Waals surface area contributed by atoms with Crippen LogP contribution in [-0.2, 0) is 4.79 Å². The van der Waals surface area contributed by atoms with Gasteiger partial charge in [-0.3, -0.25) is 4.79 Å². The fourth-order valence-corrected chi connectivity index (χ4v) is 1.49. The molecule has 0 aliphatic rings. The number of carbonyl (C=O) groups is 1. The predicted octanol–water partition coefficient (Wildman–Crippen LogP) is 2.77. The Morgan fingerprint density at radius 3 is 2.93 bits per heavy atom. The second kappa shape index (κ2) is 3.50. The molecule has 0 fully saturated rings. The minimum absolute atomic E-state index is 0.731. The number of fused-ring (bicyclic) bond motifs is 1. The lowest BCUT2D eigenvalue weighted by atomic mass is 10.1. The SMILES string of the molecule is CC(C=O)=Cc1c[nH]c2ccccc12. The van der Waals surface area contributed by atoms with Gasteiger partial charge in [-0.2, -0.15) is 0 Å². The molecule has 2 heteroatoms. The quantitative estimate of drug-likeness (QED) is 0.566. The molecule has 1 aromatic heterocycles. The van der Waals surface area contributed by atoms with Crippen LogP contribution < -0.4 is 0 Å². The third-order valence-corrected chi connectivity index (χ3v) is 2.19. The van der Waals surface area contributed by atoms with Crippen molar-refractivity contribution in [3.8, 4) is 0 Å². The molecule has 0 unspecified atom stereocenters. The van der Waals surface area contributed by atoms with E-state index in [1.807, 2.05) is 36.5 Å². The van der Waals surface area contributed by atoms with Gasteiger partial charge < -0.3 is 4.98 Å². The van der Waals surface area contributed by atoms with Crippen molar-refractivity contribution in [1.29, 1.82) is 0 Å². The van der Waals surface area contributed by atoms with Gasteiger partial charge in [0.05, 0.1) is 0 Å². The van der Waals surface area contributed by atoms with Gasteiger partial charge in [0.15, 0.2) is 0 Å². The first kappa shape index (κ1) is 8.75. The van der Waals surface area contributed by atoms with Crippen LogP contribution in [0.1, 0.15) is 12.5 Å². The van der Waals surface area contributed by atoms with E-state index in [1.165, 1.54) is 0 Å². The number of aromatic amines is 1. The van der Waals surface area contributed by atoms with Crippen LogP contribution in [0.2, 0.25) is 0 Å². The fraction of sp³-hybridized carbons (Fsp3) is 0.0833. The highest BCUT2D eigenvalue weighted by atomic mass is 16.1. The van der Waals surface area contributed by atoms with Crippen molar-refractivity contribution in [1.82, 2.24) is 4.98 Å². The van der Waals surface area contributed by atoms with Crippen LogP contribution in [-0.4, -0.2) is 11.3 Å². The second-order valence-corrected chi connectivity index (χ2v) is 3.30. The molecule has 14 heavy (non-hydrogen) atoms. The van der Waals surface area contributed by atoms with Gasteiger partial charge in [-0.15, -0.1) is 0 Å². The molecule has 2 nitrogen and oxygen atoms in total. The fourth-order valence-electron chi connectivity index (χ4n) is 1.49. The van der Waals surface area contributed by atoms with Crippen molar-refractivity contribution in [2.75, 3.05) is 0 Å². The Hall–Kier alpha value is -1.83. The average molecular weight is 185 g/mol. The lowest BCUT2D eigenvalue weighted by Crippen LogP contribution is -1.75. The third-order valence-electron chi connectivity index (χ3n) is 2.19. The summed E-state index contributed by atoms with van der Waals surface area (Å²) in [5.41, 5.74) is 2.89. The maximum Gasteiger partial charge on any atom is 0.145 e. The van der Waals surface area contributed by atoms with E-state index in [0.717, 1.165) is 28.3 Å². The summed E-state index contributed by atoms with van der Waals surface area (Å²) in [6, 6.07) is 8.03. The average Bonchev–Trinajstić information content (AvgIpc) is 2.62. The summed E-state index contributed by atoms with van der Waals surface area (Å²) < 4.78 is 0. The zero-order valence-electron chi connectivity index (χ0n) is 7.95. The van der Waals surface area contributed by atoms with Gasteiger partial charge in [-0.05, 0) is 24.6 Å². The number of carbonyl (C=O) groups excluding carboxylic acids is 1. The van der Waals surface area contributed by atoms with Crippen LogP contribution in [0.15, 0.2) is 36.0 Å². The third kappa shape index (κ3) is 1.46. The molecule has 0 amide bonds. The van der Waals surface area contributed by atoms with Gasteiger partial charge in [0, 0.05) is 22.7 Å². The summed E-state index contributed by atoms with van der Waals surface area (Å²) in [5.74, 6) is 0. The highest BCUT2D eigenvalue weighted by molar-refractivity contribution is 5.92. The Morgan fingerprint density at radius 2 is 2.14 bits per heavy atom. The molecule has 0 spiro atoms. The zero-order chi connectivity index (χ0) is 9.97. The summed E-state index contributed by atoms with van der Waals surface area (Å²) in [6.45, 7) is 1.80. The highest BCUT2D eigenvalue weighted by Crippen LogP contribution is 2.19. The first-order valence-electron chi connectivity index (χ1n) is 4.51. The molecule has 0 saturated heterocycles. The number of rotatable bonds is 2. The number of benzene rings is 1. The molecule has 0 atom stereocenters. The number of H-pyrrole nitrogens is 1. The number of aldehydes is 1. The smallest absolute Gasteiger partial charge is 0.145 e. The lowest BCUT2D eigenvalue weighted by Gasteiger charge is -1.91. The van der Waals surface area contributed by atoms with Crippen LogP contribution >= 0.6 is 0 Å². The lowest BCUT2D eigenvalue weighted by molar-refractivity contribution is -0.104.